The third-order valence-corrected chi connectivity index (χ3v) is 4.97. The molecule has 2 aromatic carbocycles. The number of hydrogen-bond acceptors (Lipinski definition) is 4. The van der Waals surface area contributed by atoms with E-state index in [0.29, 0.717) is 6.54 Å². The van der Waals surface area contributed by atoms with Gasteiger partial charge in [0.05, 0.1) is 4.92 Å². The molecule has 142 valence electrons. The maximum atomic E-state index is 12.3. The fourth-order valence-electron chi connectivity index (χ4n) is 3.26. The Hall–Kier alpha value is -2.44. The summed E-state index contributed by atoms with van der Waals surface area (Å²) in [5.74, 6) is -0.490. The van der Waals surface area contributed by atoms with Gasteiger partial charge in [0.1, 0.15) is 5.56 Å². The number of nitro benzene ring substituents is 1. The number of likely N-dealkylation sites (tertiary alicyclic amines) is 1. The number of carbonyl (C=O) groups excluding carboxylic acids is 1. The molecule has 0 radical (unpaired) electrons. The van der Waals surface area contributed by atoms with Gasteiger partial charge in [0, 0.05) is 24.2 Å². The molecule has 6 nitrogen and oxygen atoms in total. The maximum Gasteiger partial charge on any atom is 0.283 e. The first-order valence-electron chi connectivity index (χ1n) is 9.05. The molecule has 0 aliphatic carbocycles. The van der Waals surface area contributed by atoms with Crippen molar-refractivity contribution in [2.24, 2.45) is 0 Å². The topological polar surface area (TPSA) is 75.5 Å². The zero-order valence-corrected chi connectivity index (χ0v) is 15.7. The molecule has 1 aliphatic rings. The summed E-state index contributed by atoms with van der Waals surface area (Å²) in [4.78, 5) is 25.3. The summed E-state index contributed by atoms with van der Waals surface area (Å²) in [7, 11) is 0. The molecule has 1 fully saturated rings. The van der Waals surface area contributed by atoms with Crippen molar-refractivity contribution in [3.63, 3.8) is 0 Å². The molecule has 1 heterocycles. The monoisotopic (exact) mass is 387 g/mol. The molecule has 0 bridgehead atoms. The van der Waals surface area contributed by atoms with Crippen LogP contribution in [0.2, 0.25) is 5.02 Å². The van der Waals surface area contributed by atoms with Crippen molar-refractivity contribution in [1.29, 1.82) is 0 Å². The number of hydrogen-bond donors (Lipinski definition) is 1. The van der Waals surface area contributed by atoms with Gasteiger partial charge in [-0.15, -0.1) is 0 Å². The highest BCUT2D eigenvalue weighted by molar-refractivity contribution is 6.31. The van der Waals surface area contributed by atoms with Gasteiger partial charge in [0.15, 0.2) is 0 Å². The van der Waals surface area contributed by atoms with E-state index >= 15 is 0 Å². The Kier molecular flexibility index (Phi) is 6.42. The predicted octanol–water partition coefficient (Wildman–Crippen LogP) is 4.16. The number of benzene rings is 2. The third kappa shape index (κ3) is 5.28. The van der Waals surface area contributed by atoms with Crippen LogP contribution >= 0.6 is 11.6 Å². The highest BCUT2D eigenvalue weighted by Crippen LogP contribution is 2.23. The normalized spacial score (nSPS) is 14.7. The Balaban J connectivity index is 1.58. The first-order valence-corrected chi connectivity index (χ1v) is 9.43. The van der Waals surface area contributed by atoms with E-state index in [4.69, 9.17) is 11.6 Å². The lowest BCUT2D eigenvalue weighted by Crippen LogP contribution is -2.29. The van der Waals surface area contributed by atoms with E-state index in [9.17, 15) is 14.9 Å². The van der Waals surface area contributed by atoms with E-state index < -0.39 is 10.8 Å². The molecule has 27 heavy (non-hydrogen) atoms. The van der Waals surface area contributed by atoms with Crippen molar-refractivity contribution < 1.29 is 9.72 Å². The molecule has 0 spiro atoms. The Labute approximate surface area is 163 Å². The highest BCUT2D eigenvalue weighted by Gasteiger charge is 2.20. The third-order valence-electron chi connectivity index (χ3n) is 4.73. The maximum absolute atomic E-state index is 12.3. The van der Waals surface area contributed by atoms with Gasteiger partial charge in [-0.25, -0.2) is 0 Å². The van der Waals surface area contributed by atoms with Crippen LogP contribution < -0.4 is 5.32 Å². The van der Waals surface area contributed by atoms with Gasteiger partial charge in [-0.2, -0.15) is 0 Å². The van der Waals surface area contributed by atoms with E-state index in [2.05, 4.69) is 22.3 Å². The molecule has 1 amide bonds. The number of nitro groups is 1. The zero-order valence-electron chi connectivity index (χ0n) is 15.0. The fraction of sp³-hybridized carbons (Fsp3) is 0.350. The summed E-state index contributed by atoms with van der Waals surface area (Å²) in [6.07, 6.45) is 3.85. The average Bonchev–Trinajstić information content (AvgIpc) is 2.68. The minimum Gasteiger partial charge on any atom is -0.348 e. The molecular weight excluding hydrogens is 366 g/mol. The van der Waals surface area contributed by atoms with Gasteiger partial charge in [0.25, 0.3) is 11.6 Å². The number of nitrogens with one attached hydrogen (secondary N) is 1. The van der Waals surface area contributed by atoms with Gasteiger partial charge in [-0.3, -0.25) is 19.8 Å². The van der Waals surface area contributed by atoms with Crippen LogP contribution in [0.5, 0.6) is 0 Å². The molecule has 1 aliphatic heterocycles. The standard InChI is InChI=1S/C20H22ClN3O3/c21-17-8-9-18(19(12-17)24(26)27)20(25)22-13-15-4-6-16(7-5-15)14-23-10-2-1-3-11-23/h4-9,12H,1-3,10-11,13-14H2,(H,22,25). The molecule has 0 aromatic heterocycles. The lowest BCUT2D eigenvalue weighted by atomic mass is 10.1. The molecule has 7 heteroatoms. The summed E-state index contributed by atoms with van der Waals surface area (Å²) in [6, 6.07) is 12.1. The number of carbonyl (C=O) groups is 1. The molecule has 3 rings (SSSR count). The second-order valence-corrected chi connectivity index (χ2v) is 7.19. The van der Waals surface area contributed by atoms with E-state index in [1.54, 1.807) is 0 Å². The molecule has 0 atom stereocenters. The Morgan fingerprint density at radius 2 is 1.74 bits per heavy atom. The van der Waals surface area contributed by atoms with Crippen molar-refractivity contribution in [2.75, 3.05) is 13.1 Å². The average molecular weight is 388 g/mol. The van der Waals surface area contributed by atoms with Crippen molar-refractivity contribution in [3.8, 4) is 0 Å². The Bertz CT molecular complexity index is 818. The van der Waals surface area contributed by atoms with E-state index in [0.717, 1.165) is 25.2 Å². The molecule has 0 saturated carbocycles. The largest absolute Gasteiger partial charge is 0.348 e. The van der Waals surface area contributed by atoms with Crippen molar-refractivity contribution >= 4 is 23.2 Å². The quantitative estimate of drug-likeness (QED) is 0.596. The van der Waals surface area contributed by atoms with Crippen molar-refractivity contribution in [1.82, 2.24) is 10.2 Å². The van der Waals surface area contributed by atoms with Gasteiger partial charge in [0.2, 0.25) is 0 Å². The van der Waals surface area contributed by atoms with E-state index in [-0.39, 0.29) is 16.3 Å². The molecule has 2 aromatic rings. The minimum atomic E-state index is -0.601. The Morgan fingerprint density at radius 1 is 1.07 bits per heavy atom. The van der Waals surface area contributed by atoms with Crippen LogP contribution in [0.25, 0.3) is 0 Å². The fourth-order valence-corrected chi connectivity index (χ4v) is 3.43. The second kappa shape index (κ2) is 8.97. The first kappa shape index (κ1) is 19.3. The summed E-state index contributed by atoms with van der Waals surface area (Å²) in [5.41, 5.74) is 1.91. The molecular formula is C20H22ClN3O3. The van der Waals surface area contributed by atoms with Crippen molar-refractivity contribution in [3.05, 3.63) is 74.3 Å². The van der Waals surface area contributed by atoms with E-state index in [1.807, 2.05) is 12.1 Å². The van der Waals surface area contributed by atoms with Gasteiger partial charge in [-0.1, -0.05) is 42.3 Å². The van der Waals surface area contributed by atoms with Crippen LogP contribution in [-0.2, 0) is 13.1 Å². The number of rotatable bonds is 6. The van der Waals surface area contributed by atoms with Gasteiger partial charge in [-0.05, 0) is 49.2 Å². The summed E-state index contributed by atoms with van der Waals surface area (Å²) < 4.78 is 0. The predicted molar refractivity (Wildman–Crippen MR) is 105 cm³/mol. The summed E-state index contributed by atoms with van der Waals surface area (Å²) >= 11 is 5.78. The first-order chi connectivity index (χ1) is 13.0. The van der Waals surface area contributed by atoms with Crippen LogP contribution in [0.15, 0.2) is 42.5 Å². The van der Waals surface area contributed by atoms with Crippen LogP contribution in [0, 0.1) is 10.1 Å². The van der Waals surface area contributed by atoms with Gasteiger partial charge < -0.3 is 5.32 Å². The molecule has 1 saturated heterocycles. The number of amides is 1. The number of halogens is 1. The van der Waals surface area contributed by atoms with Crippen LogP contribution in [0.3, 0.4) is 0 Å². The molecule has 0 unspecified atom stereocenters. The summed E-state index contributed by atoms with van der Waals surface area (Å²) in [5, 5.41) is 14.1. The summed E-state index contributed by atoms with van der Waals surface area (Å²) in [6.45, 7) is 3.56. The van der Waals surface area contributed by atoms with Crippen LogP contribution in [0.1, 0.15) is 40.7 Å². The highest BCUT2D eigenvalue weighted by atomic mass is 35.5. The SMILES string of the molecule is O=C(NCc1ccc(CN2CCCCC2)cc1)c1ccc(Cl)cc1[N+](=O)[O-]. The zero-order chi connectivity index (χ0) is 19.2. The smallest absolute Gasteiger partial charge is 0.283 e. The van der Waals surface area contributed by atoms with Crippen LogP contribution in [0.4, 0.5) is 5.69 Å². The van der Waals surface area contributed by atoms with Gasteiger partial charge >= 0.3 is 0 Å². The second-order valence-electron chi connectivity index (χ2n) is 6.75. The number of nitrogens with zero attached hydrogens (tertiary/aromatic N) is 2. The number of piperidine rings is 1. The van der Waals surface area contributed by atoms with Crippen LogP contribution in [-0.4, -0.2) is 28.8 Å². The lowest BCUT2D eigenvalue weighted by Gasteiger charge is -2.26. The lowest BCUT2D eigenvalue weighted by molar-refractivity contribution is -0.385. The van der Waals surface area contributed by atoms with E-state index in [1.165, 1.54) is 43.0 Å². The molecule has 1 N–H and O–H groups in total. The minimum absolute atomic E-state index is 0.00567. The van der Waals surface area contributed by atoms with Crippen molar-refractivity contribution in [2.45, 2.75) is 32.4 Å². The Morgan fingerprint density at radius 3 is 2.41 bits per heavy atom.